The largest absolute Gasteiger partial charge is 0.492 e. The van der Waals surface area contributed by atoms with Gasteiger partial charge in [0.25, 0.3) is 0 Å². The number of halogens is 1. The maximum Gasteiger partial charge on any atom is 0.179 e. The van der Waals surface area contributed by atoms with E-state index in [2.05, 4.69) is 0 Å². The minimum absolute atomic E-state index is 0.491. The molecule has 0 aliphatic heterocycles. The van der Waals surface area contributed by atoms with E-state index < -0.39 is 5.60 Å². The highest BCUT2D eigenvalue weighted by Crippen LogP contribution is 2.53. The van der Waals surface area contributed by atoms with Crippen LogP contribution in [0.1, 0.15) is 24.0 Å². The Morgan fingerprint density at radius 1 is 1.25 bits per heavy atom. The maximum atomic E-state index is 10.2. The summed E-state index contributed by atoms with van der Waals surface area (Å²) in [5, 5.41) is 10.7. The molecule has 0 spiro atoms. The van der Waals surface area contributed by atoms with Gasteiger partial charge in [-0.05, 0) is 31.4 Å². The number of benzene rings is 1. The Balaban J connectivity index is 2.66. The zero-order valence-electron chi connectivity index (χ0n) is 9.63. The monoisotopic (exact) mass is 242 g/mol. The van der Waals surface area contributed by atoms with Gasteiger partial charge >= 0.3 is 0 Å². The summed E-state index contributed by atoms with van der Waals surface area (Å²) in [6.45, 7) is 1.92. The second-order valence-corrected chi connectivity index (χ2v) is 4.56. The van der Waals surface area contributed by atoms with E-state index in [0.29, 0.717) is 16.5 Å². The maximum absolute atomic E-state index is 10.2. The summed E-state index contributed by atoms with van der Waals surface area (Å²) in [7, 11) is 3.10. The van der Waals surface area contributed by atoms with Crippen LogP contribution in [-0.4, -0.2) is 19.3 Å². The van der Waals surface area contributed by atoms with E-state index in [1.807, 2.05) is 6.92 Å². The second kappa shape index (κ2) is 3.82. The number of methoxy groups -OCH3 is 2. The van der Waals surface area contributed by atoms with E-state index >= 15 is 0 Å². The van der Waals surface area contributed by atoms with E-state index in [4.69, 9.17) is 21.1 Å². The van der Waals surface area contributed by atoms with Gasteiger partial charge in [0.2, 0.25) is 0 Å². The van der Waals surface area contributed by atoms with Crippen molar-refractivity contribution in [2.24, 2.45) is 0 Å². The van der Waals surface area contributed by atoms with Gasteiger partial charge in [-0.25, -0.2) is 0 Å². The van der Waals surface area contributed by atoms with Gasteiger partial charge in [-0.15, -0.1) is 0 Å². The highest BCUT2D eigenvalue weighted by Gasteiger charge is 2.46. The summed E-state index contributed by atoms with van der Waals surface area (Å²) < 4.78 is 10.5. The highest BCUT2D eigenvalue weighted by molar-refractivity contribution is 6.32. The fraction of sp³-hybridized carbons (Fsp3) is 0.500. The van der Waals surface area contributed by atoms with Gasteiger partial charge in [0.15, 0.2) is 11.5 Å². The molecule has 1 aromatic rings. The predicted octanol–water partition coefficient (Wildman–Crippen LogP) is 2.65. The fourth-order valence-electron chi connectivity index (χ4n) is 2.06. The number of rotatable bonds is 3. The molecule has 0 saturated heterocycles. The zero-order chi connectivity index (χ0) is 11.9. The van der Waals surface area contributed by atoms with Crippen molar-refractivity contribution in [2.45, 2.75) is 25.4 Å². The zero-order valence-corrected chi connectivity index (χ0v) is 10.4. The van der Waals surface area contributed by atoms with Gasteiger partial charge < -0.3 is 14.6 Å². The molecule has 0 aromatic heterocycles. The molecule has 2 rings (SSSR count). The quantitative estimate of drug-likeness (QED) is 0.886. The third-order valence-corrected chi connectivity index (χ3v) is 3.27. The summed E-state index contributed by atoms with van der Waals surface area (Å²) >= 11 is 6.07. The molecule has 0 unspecified atom stereocenters. The molecule has 1 aliphatic rings. The lowest BCUT2D eigenvalue weighted by atomic mass is 9.99. The Labute approximate surface area is 99.9 Å². The van der Waals surface area contributed by atoms with Gasteiger partial charge in [0, 0.05) is 5.56 Å². The Kier molecular flexibility index (Phi) is 2.76. The van der Waals surface area contributed by atoms with Crippen molar-refractivity contribution in [1.82, 2.24) is 0 Å². The molecule has 1 saturated carbocycles. The molecule has 1 aromatic carbocycles. The van der Waals surface area contributed by atoms with Crippen LogP contribution in [0.5, 0.6) is 11.5 Å². The average Bonchev–Trinajstić information content (AvgIpc) is 2.95. The molecule has 0 atom stereocenters. The van der Waals surface area contributed by atoms with Crippen LogP contribution in [0.3, 0.4) is 0 Å². The Morgan fingerprint density at radius 3 is 2.25 bits per heavy atom. The first-order valence-electron chi connectivity index (χ1n) is 5.17. The molecule has 1 fully saturated rings. The Morgan fingerprint density at radius 2 is 1.81 bits per heavy atom. The lowest BCUT2D eigenvalue weighted by Crippen LogP contribution is -2.10. The van der Waals surface area contributed by atoms with Gasteiger partial charge in [-0.3, -0.25) is 0 Å². The van der Waals surface area contributed by atoms with Crippen LogP contribution in [0, 0.1) is 6.92 Å². The van der Waals surface area contributed by atoms with Crippen molar-refractivity contribution >= 4 is 11.6 Å². The first-order valence-corrected chi connectivity index (χ1v) is 5.55. The Hall–Kier alpha value is -0.930. The molecular formula is C12H15ClO3. The van der Waals surface area contributed by atoms with Gasteiger partial charge in [0.1, 0.15) is 0 Å². The molecule has 0 bridgehead atoms. The van der Waals surface area contributed by atoms with Gasteiger partial charge in [-0.1, -0.05) is 11.6 Å². The number of hydrogen-bond donors (Lipinski definition) is 1. The van der Waals surface area contributed by atoms with E-state index in [0.717, 1.165) is 24.0 Å². The van der Waals surface area contributed by atoms with Crippen LogP contribution in [-0.2, 0) is 5.60 Å². The van der Waals surface area contributed by atoms with Crippen molar-refractivity contribution in [3.8, 4) is 11.5 Å². The Bertz CT molecular complexity index is 425. The number of ether oxygens (including phenoxy) is 2. The fourth-order valence-corrected chi connectivity index (χ4v) is 2.39. The summed E-state index contributed by atoms with van der Waals surface area (Å²) in [6, 6.07) is 1.80. The highest BCUT2D eigenvalue weighted by atomic mass is 35.5. The molecule has 1 aliphatic carbocycles. The van der Waals surface area contributed by atoms with Crippen molar-refractivity contribution in [3.63, 3.8) is 0 Å². The predicted molar refractivity (Wildman–Crippen MR) is 62.4 cm³/mol. The summed E-state index contributed by atoms with van der Waals surface area (Å²) in [5.74, 6) is 1.04. The van der Waals surface area contributed by atoms with Gasteiger partial charge in [-0.2, -0.15) is 0 Å². The topological polar surface area (TPSA) is 38.7 Å². The third kappa shape index (κ3) is 1.64. The summed E-state index contributed by atoms with van der Waals surface area (Å²) in [6.07, 6.45) is 1.52. The third-order valence-electron chi connectivity index (χ3n) is 2.98. The van der Waals surface area contributed by atoms with E-state index in [-0.39, 0.29) is 0 Å². The number of aryl methyl sites for hydroxylation is 1. The molecule has 3 nitrogen and oxygen atoms in total. The van der Waals surface area contributed by atoms with Crippen LogP contribution in [0.15, 0.2) is 6.07 Å². The number of hydrogen-bond acceptors (Lipinski definition) is 3. The average molecular weight is 243 g/mol. The molecule has 4 heteroatoms. The summed E-state index contributed by atoms with van der Waals surface area (Å²) in [5.41, 5.74) is 0.978. The summed E-state index contributed by atoms with van der Waals surface area (Å²) in [4.78, 5) is 0. The van der Waals surface area contributed by atoms with Gasteiger partial charge in [0.05, 0.1) is 24.8 Å². The SMILES string of the molecule is COc1c(Cl)cc(C)c(C2(O)CC2)c1OC. The molecule has 1 N–H and O–H groups in total. The minimum Gasteiger partial charge on any atom is -0.492 e. The standard InChI is InChI=1S/C12H15ClO3/c1-7-6-8(13)10(15-2)11(16-3)9(7)12(14)4-5-12/h6,14H,4-5H2,1-3H3. The molecule has 0 heterocycles. The van der Waals surface area contributed by atoms with Crippen molar-refractivity contribution in [2.75, 3.05) is 14.2 Å². The van der Waals surface area contributed by atoms with Crippen molar-refractivity contribution in [3.05, 3.63) is 22.2 Å². The molecular weight excluding hydrogens is 228 g/mol. The smallest absolute Gasteiger partial charge is 0.179 e. The first-order chi connectivity index (χ1) is 7.53. The van der Waals surface area contributed by atoms with Crippen LogP contribution >= 0.6 is 11.6 Å². The van der Waals surface area contributed by atoms with Crippen molar-refractivity contribution in [1.29, 1.82) is 0 Å². The van der Waals surface area contributed by atoms with E-state index in [1.54, 1.807) is 20.3 Å². The minimum atomic E-state index is -0.757. The van der Waals surface area contributed by atoms with Crippen molar-refractivity contribution < 1.29 is 14.6 Å². The van der Waals surface area contributed by atoms with Crippen LogP contribution in [0.2, 0.25) is 5.02 Å². The van der Waals surface area contributed by atoms with Crippen LogP contribution in [0.4, 0.5) is 0 Å². The molecule has 0 radical (unpaired) electrons. The normalized spacial score (nSPS) is 17.1. The molecule has 88 valence electrons. The molecule has 16 heavy (non-hydrogen) atoms. The first kappa shape index (κ1) is 11.6. The van der Waals surface area contributed by atoms with E-state index in [1.165, 1.54) is 0 Å². The van der Waals surface area contributed by atoms with Crippen LogP contribution < -0.4 is 9.47 Å². The lowest BCUT2D eigenvalue weighted by molar-refractivity contribution is 0.145. The second-order valence-electron chi connectivity index (χ2n) is 4.15. The lowest BCUT2D eigenvalue weighted by Gasteiger charge is -2.19. The van der Waals surface area contributed by atoms with Crippen LogP contribution in [0.25, 0.3) is 0 Å². The molecule has 0 amide bonds. The van der Waals surface area contributed by atoms with E-state index in [9.17, 15) is 5.11 Å². The number of aliphatic hydroxyl groups is 1.